The number of benzene rings is 1. The van der Waals surface area contributed by atoms with Gasteiger partial charge in [0.1, 0.15) is 17.4 Å². The summed E-state index contributed by atoms with van der Waals surface area (Å²) >= 11 is 1.27. The fourth-order valence-corrected chi connectivity index (χ4v) is 3.83. The van der Waals surface area contributed by atoms with Crippen molar-refractivity contribution in [3.8, 4) is 5.75 Å². The molecule has 2 aromatic heterocycles. The molecule has 0 fully saturated rings. The summed E-state index contributed by atoms with van der Waals surface area (Å²) in [7, 11) is 0. The molecule has 1 aromatic carbocycles. The van der Waals surface area contributed by atoms with E-state index in [9.17, 15) is 19.7 Å². The topological polar surface area (TPSA) is 121 Å². The van der Waals surface area contributed by atoms with Crippen LogP contribution < -0.4 is 10.1 Å². The van der Waals surface area contributed by atoms with E-state index in [1.807, 2.05) is 6.92 Å². The van der Waals surface area contributed by atoms with E-state index in [-0.39, 0.29) is 30.4 Å². The quantitative estimate of drug-likeness (QED) is 0.299. The standard InChI is InChI=1S/C21H20N2O7S/c1-4-28-21(25)18-12(2)13(3)31-20(18)22-19(24)17-10-9-14(30-17)11-29-16-8-6-5-7-15(16)23(26)27/h5-10H,4,11H2,1-3H3,(H,22,24). The normalized spacial score (nSPS) is 10.5. The molecule has 0 bridgehead atoms. The third-order valence-corrected chi connectivity index (χ3v) is 5.53. The van der Waals surface area contributed by atoms with Crippen LogP contribution in [0.3, 0.4) is 0 Å². The van der Waals surface area contributed by atoms with E-state index >= 15 is 0 Å². The molecule has 0 spiro atoms. The number of esters is 1. The Bertz CT molecular complexity index is 1130. The first-order valence-electron chi connectivity index (χ1n) is 9.35. The molecule has 0 aliphatic rings. The van der Waals surface area contributed by atoms with Gasteiger partial charge in [0.2, 0.25) is 0 Å². The highest BCUT2D eigenvalue weighted by molar-refractivity contribution is 7.16. The van der Waals surface area contributed by atoms with Gasteiger partial charge in [0, 0.05) is 10.9 Å². The second-order valence-electron chi connectivity index (χ2n) is 6.44. The first kappa shape index (κ1) is 22.0. The van der Waals surface area contributed by atoms with Crippen molar-refractivity contribution in [2.45, 2.75) is 27.4 Å². The molecule has 1 N–H and O–H groups in total. The van der Waals surface area contributed by atoms with Crippen LogP contribution in [-0.2, 0) is 11.3 Å². The van der Waals surface area contributed by atoms with Gasteiger partial charge in [-0.05, 0) is 44.5 Å². The summed E-state index contributed by atoms with van der Waals surface area (Å²) in [4.78, 5) is 36.3. The Hall–Kier alpha value is -3.66. The molecule has 0 aliphatic carbocycles. The number of hydrogen-bond donors (Lipinski definition) is 1. The van der Waals surface area contributed by atoms with Gasteiger partial charge in [-0.2, -0.15) is 0 Å². The molecule has 0 radical (unpaired) electrons. The van der Waals surface area contributed by atoms with E-state index < -0.39 is 16.8 Å². The minimum Gasteiger partial charge on any atom is -0.479 e. The van der Waals surface area contributed by atoms with Gasteiger partial charge in [-0.15, -0.1) is 11.3 Å². The largest absolute Gasteiger partial charge is 0.479 e. The van der Waals surface area contributed by atoms with Crippen LogP contribution in [0.2, 0.25) is 0 Å². The Morgan fingerprint density at radius 1 is 1.19 bits per heavy atom. The van der Waals surface area contributed by atoms with Crippen LogP contribution in [0.25, 0.3) is 0 Å². The van der Waals surface area contributed by atoms with Crippen molar-refractivity contribution >= 4 is 33.9 Å². The molecular weight excluding hydrogens is 424 g/mol. The molecule has 10 heteroatoms. The fraction of sp³-hybridized carbons (Fsp3) is 0.238. The zero-order valence-corrected chi connectivity index (χ0v) is 17.9. The second-order valence-corrected chi connectivity index (χ2v) is 7.67. The van der Waals surface area contributed by atoms with Crippen LogP contribution in [0.5, 0.6) is 5.75 Å². The molecule has 9 nitrogen and oxygen atoms in total. The highest BCUT2D eigenvalue weighted by Crippen LogP contribution is 2.33. The van der Waals surface area contributed by atoms with Crippen molar-refractivity contribution in [2.24, 2.45) is 0 Å². The SMILES string of the molecule is CCOC(=O)c1c(NC(=O)c2ccc(COc3ccccc3[N+](=O)[O-])o2)sc(C)c1C. The van der Waals surface area contributed by atoms with Gasteiger partial charge >= 0.3 is 11.7 Å². The summed E-state index contributed by atoms with van der Waals surface area (Å²) in [5.41, 5.74) is 0.905. The summed E-state index contributed by atoms with van der Waals surface area (Å²) in [5.74, 6) is -0.618. The highest BCUT2D eigenvalue weighted by atomic mass is 32.1. The van der Waals surface area contributed by atoms with Crippen LogP contribution in [-0.4, -0.2) is 23.4 Å². The van der Waals surface area contributed by atoms with Crippen LogP contribution >= 0.6 is 11.3 Å². The molecule has 3 aromatic rings. The number of thiophene rings is 1. The van der Waals surface area contributed by atoms with Crippen molar-refractivity contribution in [1.29, 1.82) is 0 Å². The molecule has 0 aliphatic heterocycles. The number of nitrogens with zero attached hydrogens (tertiary/aromatic N) is 1. The molecule has 162 valence electrons. The van der Waals surface area contributed by atoms with E-state index in [0.29, 0.717) is 16.3 Å². The summed E-state index contributed by atoms with van der Waals surface area (Å²) < 4.78 is 16.1. The molecule has 0 atom stereocenters. The maximum absolute atomic E-state index is 12.6. The third kappa shape index (κ3) is 4.92. The lowest BCUT2D eigenvalue weighted by molar-refractivity contribution is -0.386. The first-order valence-corrected chi connectivity index (χ1v) is 10.2. The maximum Gasteiger partial charge on any atom is 0.341 e. The Labute approximate surface area is 181 Å². The van der Waals surface area contributed by atoms with Crippen LogP contribution in [0.4, 0.5) is 10.7 Å². The lowest BCUT2D eigenvalue weighted by Gasteiger charge is -2.06. The second kappa shape index (κ2) is 9.43. The van der Waals surface area contributed by atoms with Crippen molar-refractivity contribution in [3.63, 3.8) is 0 Å². The van der Waals surface area contributed by atoms with Gasteiger partial charge in [0.25, 0.3) is 5.91 Å². The molecule has 3 rings (SSSR count). The van der Waals surface area contributed by atoms with E-state index in [2.05, 4.69) is 5.32 Å². The maximum atomic E-state index is 12.6. The van der Waals surface area contributed by atoms with Gasteiger partial charge in [-0.3, -0.25) is 14.9 Å². The monoisotopic (exact) mass is 444 g/mol. The number of nitro groups is 1. The van der Waals surface area contributed by atoms with Crippen molar-refractivity contribution in [3.05, 3.63) is 74.0 Å². The number of nitrogens with one attached hydrogen (secondary N) is 1. The van der Waals surface area contributed by atoms with Gasteiger partial charge in [-0.25, -0.2) is 4.79 Å². The molecule has 0 saturated carbocycles. The van der Waals surface area contributed by atoms with E-state index in [1.54, 1.807) is 32.0 Å². The van der Waals surface area contributed by atoms with E-state index in [0.717, 1.165) is 10.4 Å². The summed E-state index contributed by atoms with van der Waals surface area (Å²) in [5, 5.41) is 14.1. The summed E-state index contributed by atoms with van der Waals surface area (Å²) in [6, 6.07) is 8.98. The lowest BCUT2D eigenvalue weighted by Crippen LogP contribution is -2.14. The molecule has 2 heterocycles. The minimum absolute atomic E-state index is 0.0136. The number of amides is 1. The Morgan fingerprint density at radius 2 is 1.94 bits per heavy atom. The van der Waals surface area contributed by atoms with Crippen LogP contribution in [0, 0.1) is 24.0 Å². The third-order valence-electron chi connectivity index (χ3n) is 4.41. The predicted octanol–water partition coefficient (Wildman–Crippen LogP) is 4.87. The number of ether oxygens (including phenoxy) is 2. The number of carbonyl (C=O) groups excluding carboxylic acids is 2. The van der Waals surface area contributed by atoms with Crippen LogP contribution in [0.1, 0.15) is 44.0 Å². The van der Waals surface area contributed by atoms with E-state index in [4.69, 9.17) is 13.9 Å². The number of nitro benzene ring substituents is 1. The predicted molar refractivity (Wildman–Crippen MR) is 114 cm³/mol. The minimum atomic E-state index is -0.539. The number of para-hydroxylation sites is 2. The number of rotatable bonds is 8. The van der Waals surface area contributed by atoms with Gasteiger partial charge in [0.05, 0.1) is 17.1 Å². The Morgan fingerprint density at radius 3 is 2.65 bits per heavy atom. The van der Waals surface area contributed by atoms with Gasteiger partial charge < -0.3 is 19.2 Å². The zero-order chi connectivity index (χ0) is 22.5. The number of aryl methyl sites for hydroxylation is 1. The van der Waals surface area contributed by atoms with Crippen LogP contribution in [0.15, 0.2) is 40.8 Å². The van der Waals surface area contributed by atoms with Crippen molar-refractivity contribution in [1.82, 2.24) is 0 Å². The molecular formula is C21H20N2O7S. The molecule has 0 saturated heterocycles. The number of anilines is 1. The molecule has 0 unspecified atom stereocenters. The van der Waals surface area contributed by atoms with Crippen molar-refractivity contribution < 1.29 is 28.4 Å². The zero-order valence-electron chi connectivity index (χ0n) is 17.1. The fourth-order valence-electron chi connectivity index (χ4n) is 2.79. The summed E-state index contributed by atoms with van der Waals surface area (Å²) in [6.45, 7) is 5.48. The average Bonchev–Trinajstić information content (AvgIpc) is 3.31. The number of carbonyl (C=O) groups is 2. The number of furan rings is 1. The van der Waals surface area contributed by atoms with E-state index in [1.165, 1.54) is 29.5 Å². The Kier molecular flexibility index (Phi) is 6.71. The van der Waals surface area contributed by atoms with Crippen molar-refractivity contribution in [2.75, 3.05) is 11.9 Å². The first-order chi connectivity index (χ1) is 14.8. The molecule has 31 heavy (non-hydrogen) atoms. The smallest absolute Gasteiger partial charge is 0.341 e. The lowest BCUT2D eigenvalue weighted by atomic mass is 10.1. The number of hydrogen-bond acceptors (Lipinski definition) is 8. The Balaban J connectivity index is 1.71. The highest BCUT2D eigenvalue weighted by Gasteiger charge is 2.23. The average molecular weight is 444 g/mol. The molecule has 1 amide bonds. The van der Waals surface area contributed by atoms with Gasteiger partial charge in [-0.1, -0.05) is 12.1 Å². The van der Waals surface area contributed by atoms with Gasteiger partial charge in [0.15, 0.2) is 11.5 Å². The summed E-state index contributed by atoms with van der Waals surface area (Å²) in [6.07, 6.45) is 0.